The number of likely N-dealkylation sites (tertiary alicyclic amines) is 1. The molecule has 0 radical (unpaired) electrons. The molecule has 1 amide bonds. The highest BCUT2D eigenvalue weighted by Crippen LogP contribution is 2.29. The quantitative estimate of drug-likeness (QED) is 0.728. The summed E-state index contributed by atoms with van der Waals surface area (Å²) in [6.45, 7) is 1.29. The molecule has 1 aromatic heterocycles. The van der Waals surface area contributed by atoms with Gasteiger partial charge in [-0.15, -0.1) is 5.10 Å². The van der Waals surface area contributed by atoms with Gasteiger partial charge in [0.2, 0.25) is 0 Å². The third-order valence-corrected chi connectivity index (χ3v) is 4.84. The molecule has 0 unspecified atom stereocenters. The molecule has 132 valence electrons. The highest BCUT2D eigenvalue weighted by molar-refractivity contribution is 5.97. The molecule has 0 spiro atoms. The number of piperidine rings is 1. The molecule has 2 heterocycles. The van der Waals surface area contributed by atoms with Crippen molar-refractivity contribution in [3.8, 4) is 5.69 Å². The van der Waals surface area contributed by atoms with Crippen LogP contribution >= 0.6 is 0 Å². The first-order valence-corrected chi connectivity index (χ1v) is 8.59. The maximum atomic E-state index is 13.8. The number of amides is 1. The van der Waals surface area contributed by atoms with Gasteiger partial charge in [0, 0.05) is 13.1 Å². The van der Waals surface area contributed by atoms with Gasteiger partial charge in [-0.2, -0.15) is 4.68 Å². The van der Waals surface area contributed by atoms with Crippen LogP contribution in [-0.4, -0.2) is 44.1 Å². The largest absolute Gasteiger partial charge is 0.339 e. The van der Waals surface area contributed by atoms with Gasteiger partial charge in [0.25, 0.3) is 5.91 Å². The topological polar surface area (TPSA) is 63.9 Å². The van der Waals surface area contributed by atoms with E-state index < -0.39 is 5.82 Å². The normalized spacial score (nSPS) is 15.2. The predicted molar refractivity (Wildman–Crippen MR) is 93.4 cm³/mol. The van der Waals surface area contributed by atoms with E-state index in [0.29, 0.717) is 24.7 Å². The Kier molecular flexibility index (Phi) is 4.43. The van der Waals surface area contributed by atoms with Gasteiger partial charge >= 0.3 is 0 Å². The molecule has 1 fully saturated rings. The molecular formula is C19H18FN5O. The summed E-state index contributed by atoms with van der Waals surface area (Å²) in [5.41, 5.74) is 2.06. The smallest absolute Gasteiger partial charge is 0.256 e. The van der Waals surface area contributed by atoms with Crippen molar-refractivity contribution >= 4 is 5.91 Å². The average Bonchev–Trinajstić information content (AvgIpc) is 3.23. The molecule has 1 saturated heterocycles. The second kappa shape index (κ2) is 7.03. The number of hydrogen-bond acceptors (Lipinski definition) is 4. The molecule has 2 aromatic carbocycles. The van der Waals surface area contributed by atoms with E-state index in [4.69, 9.17) is 0 Å². The van der Waals surface area contributed by atoms with Crippen LogP contribution in [0.1, 0.15) is 34.7 Å². The molecule has 1 aliphatic rings. The van der Waals surface area contributed by atoms with E-state index in [0.717, 1.165) is 12.8 Å². The van der Waals surface area contributed by atoms with Crippen LogP contribution in [0.4, 0.5) is 4.39 Å². The first kappa shape index (κ1) is 16.4. The van der Waals surface area contributed by atoms with E-state index >= 15 is 0 Å². The third-order valence-electron chi connectivity index (χ3n) is 4.84. The Balaban J connectivity index is 1.53. The highest BCUT2D eigenvalue weighted by atomic mass is 19.1. The standard InChI is InChI=1S/C19H18FN5O/c20-16-6-7-18(25-13-21-22-23-25)17(12-16)19(26)24-10-8-15(9-11-24)14-4-2-1-3-5-14/h1-7,12-13,15H,8-11H2. The Morgan fingerprint density at radius 2 is 1.85 bits per heavy atom. The fraction of sp³-hybridized carbons (Fsp3) is 0.263. The molecule has 26 heavy (non-hydrogen) atoms. The van der Waals surface area contributed by atoms with Crippen molar-refractivity contribution in [2.24, 2.45) is 0 Å². The lowest BCUT2D eigenvalue weighted by molar-refractivity contribution is 0.0712. The van der Waals surface area contributed by atoms with Crippen molar-refractivity contribution in [3.05, 3.63) is 71.8 Å². The summed E-state index contributed by atoms with van der Waals surface area (Å²) in [7, 11) is 0. The monoisotopic (exact) mass is 351 g/mol. The van der Waals surface area contributed by atoms with E-state index in [1.54, 1.807) is 4.90 Å². The Morgan fingerprint density at radius 1 is 1.08 bits per heavy atom. The van der Waals surface area contributed by atoms with Gasteiger partial charge < -0.3 is 4.90 Å². The molecular weight excluding hydrogens is 333 g/mol. The highest BCUT2D eigenvalue weighted by Gasteiger charge is 2.26. The van der Waals surface area contributed by atoms with E-state index in [1.165, 1.54) is 34.8 Å². The van der Waals surface area contributed by atoms with Crippen LogP contribution in [0.5, 0.6) is 0 Å². The van der Waals surface area contributed by atoms with Crippen molar-refractivity contribution in [2.45, 2.75) is 18.8 Å². The Labute approximate surface area is 150 Å². The van der Waals surface area contributed by atoms with Crippen molar-refractivity contribution in [1.82, 2.24) is 25.1 Å². The number of rotatable bonds is 3. The fourth-order valence-electron chi connectivity index (χ4n) is 3.46. The van der Waals surface area contributed by atoms with Crippen LogP contribution in [0.25, 0.3) is 5.69 Å². The summed E-state index contributed by atoms with van der Waals surface area (Å²) in [4.78, 5) is 14.8. The summed E-state index contributed by atoms with van der Waals surface area (Å²) < 4.78 is 15.1. The first-order chi connectivity index (χ1) is 12.7. The summed E-state index contributed by atoms with van der Waals surface area (Å²) in [5, 5.41) is 11.0. The number of tetrazole rings is 1. The number of aromatic nitrogens is 4. The number of carbonyl (C=O) groups excluding carboxylic acids is 1. The summed E-state index contributed by atoms with van der Waals surface area (Å²) >= 11 is 0. The number of nitrogens with zero attached hydrogens (tertiary/aromatic N) is 5. The van der Waals surface area contributed by atoms with Crippen LogP contribution in [0.15, 0.2) is 54.9 Å². The van der Waals surface area contributed by atoms with E-state index in [1.807, 2.05) is 18.2 Å². The number of halogens is 1. The van der Waals surface area contributed by atoms with Crippen molar-refractivity contribution in [2.75, 3.05) is 13.1 Å². The maximum Gasteiger partial charge on any atom is 0.256 e. The molecule has 0 atom stereocenters. The molecule has 3 aromatic rings. The maximum absolute atomic E-state index is 13.8. The van der Waals surface area contributed by atoms with E-state index in [-0.39, 0.29) is 11.5 Å². The van der Waals surface area contributed by atoms with Crippen molar-refractivity contribution in [1.29, 1.82) is 0 Å². The second-order valence-electron chi connectivity index (χ2n) is 6.39. The Morgan fingerprint density at radius 3 is 2.54 bits per heavy atom. The van der Waals surface area contributed by atoms with Crippen LogP contribution in [0.2, 0.25) is 0 Å². The van der Waals surface area contributed by atoms with Gasteiger partial charge in [0.15, 0.2) is 0 Å². The zero-order valence-corrected chi connectivity index (χ0v) is 14.1. The van der Waals surface area contributed by atoms with Crippen molar-refractivity contribution in [3.63, 3.8) is 0 Å². The van der Waals surface area contributed by atoms with E-state index in [2.05, 4.69) is 27.7 Å². The van der Waals surface area contributed by atoms with Gasteiger partial charge in [-0.1, -0.05) is 30.3 Å². The molecule has 6 nitrogen and oxygen atoms in total. The minimum absolute atomic E-state index is 0.193. The van der Waals surface area contributed by atoms with Gasteiger partial charge in [-0.25, -0.2) is 4.39 Å². The lowest BCUT2D eigenvalue weighted by Crippen LogP contribution is -2.38. The predicted octanol–water partition coefficient (Wildman–Crippen LogP) is 2.82. The fourth-order valence-corrected chi connectivity index (χ4v) is 3.46. The minimum Gasteiger partial charge on any atom is -0.339 e. The zero-order chi connectivity index (χ0) is 17.9. The number of carbonyl (C=O) groups is 1. The second-order valence-corrected chi connectivity index (χ2v) is 6.39. The summed E-state index contributed by atoms with van der Waals surface area (Å²) in [6.07, 6.45) is 3.18. The molecule has 0 aliphatic carbocycles. The van der Waals surface area contributed by atoms with Crippen LogP contribution in [0.3, 0.4) is 0 Å². The average molecular weight is 351 g/mol. The molecule has 7 heteroatoms. The summed E-state index contributed by atoms with van der Waals surface area (Å²) in [6, 6.07) is 14.4. The lowest BCUT2D eigenvalue weighted by atomic mass is 9.89. The molecule has 0 bridgehead atoms. The Bertz CT molecular complexity index is 890. The van der Waals surface area contributed by atoms with Crippen LogP contribution in [0, 0.1) is 5.82 Å². The SMILES string of the molecule is O=C(c1cc(F)ccc1-n1cnnn1)N1CCC(c2ccccc2)CC1. The third kappa shape index (κ3) is 3.20. The van der Waals surface area contributed by atoms with Crippen LogP contribution in [-0.2, 0) is 0 Å². The molecule has 0 saturated carbocycles. The van der Waals surface area contributed by atoms with Gasteiger partial charge in [-0.05, 0) is 52.9 Å². The van der Waals surface area contributed by atoms with Crippen LogP contribution < -0.4 is 0 Å². The summed E-state index contributed by atoms with van der Waals surface area (Å²) in [5.74, 6) is -0.197. The zero-order valence-electron chi connectivity index (χ0n) is 14.1. The Hall–Kier alpha value is -3.09. The first-order valence-electron chi connectivity index (χ1n) is 8.59. The van der Waals surface area contributed by atoms with Gasteiger partial charge in [-0.3, -0.25) is 4.79 Å². The molecule has 1 aliphatic heterocycles. The van der Waals surface area contributed by atoms with Gasteiger partial charge in [0.1, 0.15) is 12.1 Å². The minimum atomic E-state index is -0.454. The van der Waals surface area contributed by atoms with Gasteiger partial charge in [0.05, 0.1) is 11.3 Å². The number of hydrogen-bond donors (Lipinski definition) is 0. The molecule has 0 N–H and O–H groups in total. The number of benzene rings is 2. The molecule has 4 rings (SSSR count). The lowest BCUT2D eigenvalue weighted by Gasteiger charge is -2.32. The van der Waals surface area contributed by atoms with E-state index in [9.17, 15) is 9.18 Å². The van der Waals surface area contributed by atoms with Crippen molar-refractivity contribution < 1.29 is 9.18 Å².